The standard InChI is InChI=1S/C10H6F4N2OS/c11-7(10(12,13)14)8(17)16-9-15-5-3-1-2-4-6(5)18-9/h1-4,7H,(H,15,16,17). The number of anilines is 1. The van der Waals surface area contributed by atoms with Gasteiger partial charge < -0.3 is 0 Å². The van der Waals surface area contributed by atoms with Crippen LogP contribution in [0, 0.1) is 0 Å². The van der Waals surface area contributed by atoms with Crippen molar-refractivity contribution in [3.05, 3.63) is 24.3 Å². The highest BCUT2D eigenvalue weighted by Crippen LogP contribution is 2.28. The van der Waals surface area contributed by atoms with Gasteiger partial charge in [-0.1, -0.05) is 23.5 Å². The molecule has 8 heteroatoms. The lowest BCUT2D eigenvalue weighted by atomic mass is 10.3. The number of benzene rings is 1. The normalized spacial score (nSPS) is 13.6. The van der Waals surface area contributed by atoms with E-state index in [1.807, 2.05) is 5.32 Å². The van der Waals surface area contributed by atoms with Gasteiger partial charge in [-0.15, -0.1) is 0 Å². The number of carbonyl (C=O) groups excluding carboxylic acids is 1. The van der Waals surface area contributed by atoms with Crippen LogP contribution in [0.4, 0.5) is 22.7 Å². The van der Waals surface area contributed by atoms with Gasteiger partial charge in [0.2, 0.25) is 0 Å². The number of para-hydroxylation sites is 1. The molecule has 1 aromatic heterocycles. The van der Waals surface area contributed by atoms with Gasteiger partial charge in [-0.2, -0.15) is 13.2 Å². The SMILES string of the molecule is O=C(Nc1nc2ccccc2s1)C(F)C(F)(F)F. The number of halogens is 4. The van der Waals surface area contributed by atoms with E-state index >= 15 is 0 Å². The monoisotopic (exact) mass is 278 g/mol. The maximum Gasteiger partial charge on any atom is 0.428 e. The molecule has 2 rings (SSSR count). The van der Waals surface area contributed by atoms with Crippen LogP contribution in [0.25, 0.3) is 10.2 Å². The fourth-order valence-electron chi connectivity index (χ4n) is 1.24. The molecule has 96 valence electrons. The molecule has 0 radical (unpaired) electrons. The fraction of sp³-hybridized carbons (Fsp3) is 0.200. The van der Waals surface area contributed by atoms with E-state index < -0.39 is 18.3 Å². The molecule has 2 aromatic rings. The van der Waals surface area contributed by atoms with Crippen LogP contribution in [0.5, 0.6) is 0 Å². The lowest BCUT2D eigenvalue weighted by Gasteiger charge is -2.10. The third-order valence-corrected chi connectivity index (χ3v) is 2.99. The molecule has 1 amide bonds. The smallest absolute Gasteiger partial charge is 0.299 e. The highest BCUT2D eigenvalue weighted by molar-refractivity contribution is 7.22. The van der Waals surface area contributed by atoms with Crippen molar-refractivity contribution in [1.82, 2.24) is 4.98 Å². The fourth-order valence-corrected chi connectivity index (χ4v) is 2.11. The zero-order chi connectivity index (χ0) is 13.3. The molecular formula is C10H6F4N2OS. The molecule has 0 fully saturated rings. The Balaban J connectivity index is 2.16. The van der Waals surface area contributed by atoms with Crippen molar-refractivity contribution >= 4 is 32.6 Å². The Bertz CT molecular complexity index is 548. The molecule has 0 bridgehead atoms. The summed E-state index contributed by atoms with van der Waals surface area (Å²) in [5.74, 6) is -1.76. The summed E-state index contributed by atoms with van der Waals surface area (Å²) in [4.78, 5) is 14.9. The number of thiazole rings is 1. The molecule has 1 atom stereocenters. The van der Waals surface area contributed by atoms with E-state index in [2.05, 4.69) is 4.98 Å². The number of aromatic nitrogens is 1. The molecule has 18 heavy (non-hydrogen) atoms. The van der Waals surface area contributed by atoms with Gasteiger partial charge in [-0.25, -0.2) is 9.37 Å². The molecule has 0 saturated heterocycles. The number of carbonyl (C=O) groups is 1. The van der Waals surface area contributed by atoms with E-state index in [1.165, 1.54) is 0 Å². The second kappa shape index (κ2) is 4.52. The van der Waals surface area contributed by atoms with Crippen molar-refractivity contribution in [2.45, 2.75) is 12.3 Å². The molecule has 3 nitrogen and oxygen atoms in total. The summed E-state index contributed by atoms with van der Waals surface area (Å²) in [7, 11) is 0. The highest BCUT2D eigenvalue weighted by atomic mass is 32.1. The first-order valence-corrected chi connectivity index (χ1v) is 5.57. The summed E-state index contributed by atoms with van der Waals surface area (Å²) < 4.78 is 49.2. The van der Waals surface area contributed by atoms with Gasteiger partial charge in [0.25, 0.3) is 12.1 Å². The number of alkyl halides is 4. The number of fused-ring (bicyclic) bond motifs is 1. The number of hydrogen-bond acceptors (Lipinski definition) is 3. The lowest BCUT2D eigenvalue weighted by molar-refractivity contribution is -0.183. The summed E-state index contributed by atoms with van der Waals surface area (Å²) >= 11 is 0.977. The van der Waals surface area contributed by atoms with Crippen LogP contribution in [0.1, 0.15) is 0 Å². The Hall–Kier alpha value is -1.70. The molecule has 0 saturated carbocycles. The zero-order valence-corrected chi connectivity index (χ0v) is 9.48. The maximum atomic E-state index is 12.7. The molecule has 1 aromatic carbocycles. The van der Waals surface area contributed by atoms with E-state index in [9.17, 15) is 22.4 Å². The lowest BCUT2D eigenvalue weighted by Crippen LogP contribution is -2.36. The van der Waals surface area contributed by atoms with E-state index in [0.717, 1.165) is 11.3 Å². The third kappa shape index (κ3) is 2.58. The van der Waals surface area contributed by atoms with E-state index in [0.29, 0.717) is 10.2 Å². The van der Waals surface area contributed by atoms with Crippen LogP contribution in [0.3, 0.4) is 0 Å². The molecule has 0 aliphatic rings. The number of nitrogens with one attached hydrogen (secondary N) is 1. The topological polar surface area (TPSA) is 42.0 Å². The van der Waals surface area contributed by atoms with Gasteiger partial charge >= 0.3 is 6.18 Å². The van der Waals surface area contributed by atoms with Gasteiger partial charge in [-0.05, 0) is 12.1 Å². The number of amides is 1. The average Bonchev–Trinajstić information content (AvgIpc) is 2.68. The zero-order valence-electron chi connectivity index (χ0n) is 8.66. The minimum Gasteiger partial charge on any atom is -0.299 e. The summed E-state index contributed by atoms with van der Waals surface area (Å²) in [6.45, 7) is 0. The largest absolute Gasteiger partial charge is 0.428 e. The van der Waals surface area contributed by atoms with Crippen molar-refractivity contribution in [1.29, 1.82) is 0 Å². The average molecular weight is 278 g/mol. The molecule has 0 aliphatic heterocycles. The second-order valence-electron chi connectivity index (χ2n) is 3.38. The number of hydrogen-bond donors (Lipinski definition) is 1. The number of rotatable bonds is 2. The first-order chi connectivity index (χ1) is 8.38. The van der Waals surface area contributed by atoms with Gasteiger partial charge in [0, 0.05) is 0 Å². The molecule has 1 heterocycles. The van der Waals surface area contributed by atoms with Crippen LogP contribution < -0.4 is 5.32 Å². The minimum absolute atomic E-state index is 0.0619. The molecule has 0 spiro atoms. The Morgan fingerprint density at radius 3 is 2.61 bits per heavy atom. The van der Waals surface area contributed by atoms with E-state index in [-0.39, 0.29) is 5.13 Å². The molecule has 0 aliphatic carbocycles. The molecule has 1 unspecified atom stereocenters. The van der Waals surface area contributed by atoms with Crippen LogP contribution in [-0.4, -0.2) is 23.2 Å². The van der Waals surface area contributed by atoms with Crippen LogP contribution in [-0.2, 0) is 4.79 Å². The number of nitrogens with zero attached hydrogens (tertiary/aromatic N) is 1. The van der Waals surface area contributed by atoms with Crippen LogP contribution >= 0.6 is 11.3 Å². The van der Waals surface area contributed by atoms with Gasteiger partial charge in [0.05, 0.1) is 10.2 Å². The van der Waals surface area contributed by atoms with E-state index in [4.69, 9.17) is 0 Å². The summed E-state index contributed by atoms with van der Waals surface area (Å²) in [5, 5.41) is 1.75. The quantitative estimate of drug-likeness (QED) is 0.857. The summed E-state index contributed by atoms with van der Waals surface area (Å²) in [6.07, 6.45) is -8.76. The third-order valence-electron chi connectivity index (χ3n) is 2.04. The highest BCUT2D eigenvalue weighted by Gasteiger charge is 2.45. The van der Waals surface area contributed by atoms with Crippen molar-refractivity contribution in [2.24, 2.45) is 0 Å². The second-order valence-corrected chi connectivity index (χ2v) is 4.41. The van der Waals surface area contributed by atoms with Gasteiger partial charge in [0.1, 0.15) is 0 Å². The maximum absolute atomic E-state index is 12.7. The van der Waals surface area contributed by atoms with Crippen molar-refractivity contribution in [3.63, 3.8) is 0 Å². The Labute approximate surface area is 102 Å². The Morgan fingerprint density at radius 1 is 1.33 bits per heavy atom. The van der Waals surface area contributed by atoms with Crippen LogP contribution in [0.2, 0.25) is 0 Å². The summed E-state index contributed by atoms with van der Waals surface area (Å²) in [6, 6.07) is 6.75. The Morgan fingerprint density at radius 2 is 2.00 bits per heavy atom. The van der Waals surface area contributed by atoms with Gasteiger partial charge in [0.15, 0.2) is 5.13 Å². The molecule has 1 N–H and O–H groups in total. The van der Waals surface area contributed by atoms with Crippen molar-refractivity contribution < 1.29 is 22.4 Å². The first-order valence-electron chi connectivity index (χ1n) is 4.75. The predicted molar refractivity (Wildman–Crippen MR) is 59.2 cm³/mol. The van der Waals surface area contributed by atoms with Crippen molar-refractivity contribution in [3.8, 4) is 0 Å². The van der Waals surface area contributed by atoms with Crippen LogP contribution in [0.15, 0.2) is 24.3 Å². The van der Waals surface area contributed by atoms with E-state index in [1.54, 1.807) is 24.3 Å². The van der Waals surface area contributed by atoms with Gasteiger partial charge in [-0.3, -0.25) is 10.1 Å². The molecular weight excluding hydrogens is 272 g/mol. The predicted octanol–water partition coefficient (Wildman–Crippen LogP) is 3.14. The Kier molecular flexibility index (Phi) is 3.20. The summed E-state index contributed by atoms with van der Waals surface area (Å²) in [5.41, 5.74) is 0.528. The van der Waals surface area contributed by atoms with Crippen molar-refractivity contribution in [2.75, 3.05) is 5.32 Å². The first kappa shape index (κ1) is 12.7. The minimum atomic E-state index is -5.21.